The molecule has 0 atom stereocenters. The summed E-state index contributed by atoms with van der Waals surface area (Å²) < 4.78 is 0. The van der Waals surface area contributed by atoms with Crippen LogP contribution in [0.15, 0.2) is 224 Å². The van der Waals surface area contributed by atoms with Crippen molar-refractivity contribution in [1.82, 2.24) is 0 Å². The summed E-state index contributed by atoms with van der Waals surface area (Å²) in [6, 6.07) is 73.7. The number of allylic oxidation sites excluding steroid dienone is 3. The van der Waals surface area contributed by atoms with Crippen molar-refractivity contribution in [2.45, 2.75) is 39.5 Å². The van der Waals surface area contributed by atoms with Crippen molar-refractivity contribution in [2.75, 3.05) is 14.7 Å². The predicted molar refractivity (Wildman–Crippen MR) is 284 cm³/mol. The SMILES string of the molecule is CC=CC1=C(C)N(c2ccc(-c3ccc(C=Cc4ccc5c(c4)C(C)(C)c4cc(N6c7ccccc7Cc7ccccc76)ccc4-5)cc3)c3ccccc23)c2ccccc2N1c1ccccc1. The number of hydrogen-bond acceptors (Lipinski definition) is 3. The summed E-state index contributed by atoms with van der Waals surface area (Å²) >= 11 is 0. The van der Waals surface area contributed by atoms with Gasteiger partial charge in [0.05, 0.1) is 22.8 Å². The Balaban J connectivity index is 0.833. The van der Waals surface area contributed by atoms with Crippen molar-refractivity contribution in [2.24, 2.45) is 0 Å². The van der Waals surface area contributed by atoms with E-state index in [0.717, 1.165) is 34.9 Å². The highest BCUT2D eigenvalue weighted by Crippen LogP contribution is 2.53. The minimum atomic E-state index is -0.150. The molecular formula is C64H51N3. The van der Waals surface area contributed by atoms with E-state index >= 15 is 0 Å². The first-order valence-corrected chi connectivity index (χ1v) is 23.5. The van der Waals surface area contributed by atoms with Crippen LogP contribution in [0.1, 0.15) is 61.1 Å². The summed E-state index contributed by atoms with van der Waals surface area (Å²) in [5, 5.41) is 2.44. The molecule has 0 N–H and O–H groups in total. The van der Waals surface area contributed by atoms with Crippen molar-refractivity contribution in [3.05, 3.63) is 257 Å². The Morgan fingerprint density at radius 1 is 0.418 bits per heavy atom. The number of fused-ring (bicyclic) bond motifs is 7. The largest absolute Gasteiger partial charge is 0.310 e. The van der Waals surface area contributed by atoms with E-state index in [0.29, 0.717) is 0 Å². The van der Waals surface area contributed by atoms with Crippen LogP contribution < -0.4 is 14.7 Å². The lowest BCUT2D eigenvalue weighted by molar-refractivity contribution is 0.660. The Hall–Kier alpha value is -8.14. The smallest absolute Gasteiger partial charge is 0.0703 e. The quantitative estimate of drug-likeness (QED) is 0.148. The molecule has 1 aliphatic carbocycles. The molecule has 322 valence electrons. The first kappa shape index (κ1) is 40.4. The molecule has 0 spiro atoms. The zero-order chi connectivity index (χ0) is 45.2. The van der Waals surface area contributed by atoms with E-state index in [9.17, 15) is 0 Å². The van der Waals surface area contributed by atoms with Crippen LogP contribution in [0.2, 0.25) is 0 Å². The van der Waals surface area contributed by atoms with Crippen molar-refractivity contribution in [3.63, 3.8) is 0 Å². The summed E-state index contributed by atoms with van der Waals surface area (Å²) in [7, 11) is 0. The lowest BCUT2D eigenvalue weighted by Crippen LogP contribution is -2.30. The molecule has 9 aromatic rings. The third-order valence-corrected chi connectivity index (χ3v) is 14.3. The Kier molecular flexibility index (Phi) is 9.69. The molecule has 3 aliphatic rings. The van der Waals surface area contributed by atoms with Gasteiger partial charge in [-0.25, -0.2) is 0 Å². The zero-order valence-corrected chi connectivity index (χ0v) is 38.4. The van der Waals surface area contributed by atoms with Gasteiger partial charge in [0.2, 0.25) is 0 Å². The third kappa shape index (κ3) is 6.64. The summed E-state index contributed by atoms with van der Waals surface area (Å²) in [6.45, 7) is 9.09. The Morgan fingerprint density at radius 3 is 1.67 bits per heavy atom. The molecule has 0 saturated heterocycles. The standard InChI is InChI=1S/C64H51N3/c1-5-17-58-43(2)65(62-26-15-16-27-63(62)66(58)49-20-7-6-8-21-49)61-39-38-51(52-22-11-12-23-55(52)61)46-33-30-44(31-34-46)28-29-45-32-36-53-54-37-35-50(42-57(54)64(3,4)56(53)40-45)67-59-24-13-9-18-47(59)41-48-19-10-14-25-60(48)67/h5-40,42H,41H2,1-4H3. The van der Waals surface area contributed by atoms with Crippen LogP contribution in [0.25, 0.3) is 45.2 Å². The van der Waals surface area contributed by atoms with Crippen LogP contribution in [0, 0.1) is 0 Å². The second-order valence-electron chi connectivity index (χ2n) is 18.5. The Labute approximate surface area is 394 Å². The van der Waals surface area contributed by atoms with Crippen LogP contribution in [-0.2, 0) is 11.8 Å². The molecule has 0 bridgehead atoms. The van der Waals surface area contributed by atoms with Gasteiger partial charge in [0.15, 0.2) is 0 Å². The fourth-order valence-corrected chi connectivity index (χ4v) is 11.0. The molecule has 3 nitrogen and oxygen atoms in total. The first-order chi connectivity index (χ1) is 32.9. The minimum absolute atomic E-state index is 0.150. The van der Waals surface area contributed by atoms with E-state index < -0.39 is 0 Å². The Morgan fingerprint density at radius 2 is 0.970 bits per heavy atom. The molecule has 67 heavy (non-hydrogen) atoms. The van der Waals surface area contributed by atoms with Gasteiger partial charge in [0.25, 0.3) is 0 Å². The predicted octanol–water partition coefficient (Wildman–Crippen LogP) is 17.5. The van der Waals surface area contributed by atoms with E-state index in [2.05, 4.69) is 267 Å². The number of rotatable bonds is 7. The van der Waals surface area contributed by atoms with Crippen LogP contribution in [-0.4, -0.2) is 0 Å². The van der Waals surface area contributed by atoms with Crippen molar-refractivity contribution in [3.8, 4) is 22.3 Å². The van der Waals surface area contributed by atoms with Crippen molar-refractivity contribution < 1.29 is 0 Å². The fraction of sp³-hybridized carbons (Fsp3) is 0.0938. The number of para-hydroxylation sites is 5. The molecule has 3 heteroatoms. The third-order valence-electron chi connectivity index (χ3n) is 14.3. The number of hydrogen-bond donors (Lipinski definition) is 0. The van der Waals surface area contributed by atoms with E-state index in [4.69, 9.17) is 0 Å². The van der Waals surface area contributed by atoms with Gasteiger partial charge in [-0.05, 0) is 136 Å². The molecule has 2 aliphatic heterocycles. The molecule has 2 heterocycles. The van der Waals surface area contributed by atoms with E-state index in [1.807, 2.05) is 0 Å². The van der Waals surface area contributed by atoms with Gasteiger partial charge >= 0.3 is 0 Å². The van der Waals surface area contributed by atoms with Gasteiger partial charge in [-0.2, -0.15) is 0 Å². The van der Waals surface area contributed by atoms with Crippen LogP contribution in [0.3, 0.4) is 0 Å². The monoisotopic (exact) mass is 861 g/mol. The summed E-state index contributed by atoms with van der Waals surface area (Å²) in [4.78, 5) is 7.27. The molecule has 0 unspecified atom stereocenters. The number of nitrogens with zero attached hydrogens (tertiary/aromatic N) is 3. The molecule has 9 aromatic carbocycles. The fourth-order valence-electron chi connectivity index (χ4n) is 11.0. The van der Waals surface area contributed by atoms with Gasteiger partial charge in [-0.3, -0.25) is 0 Å². The van der Waals surface area contributed by atoms with Crippen LogP contribution >= 0.6 is 0 Å². The zero-order valence-electron chi connectivity index (χ0n) is 38.4. The number of anilines is 7. The maximum atomic E-state index is 2.46. The molecule has 0 radical (unpaired) electrons. The van der Waals surface area contributed by atoms with Gasteiger partial charge in [0, 0.05) is 45.7 Å². The van der Waals surface area contributed by atoms with Gasteiger partial charge in [-0.15, -0.1) is 0 Å². The van der Waals surface area contributed by atoms with E-state index in [1.54, 1.807) is 0 Å². The summed E-state index contributed by atoms with van der Waals surface area (Å²) in [5.74, 6) is 0. The topological polar surface area (TPSA) is 9.72 Å². The summed E-state index contributed by atoms with van der Waals surface area (Å²) in [6.07, 6.45) is 9.83. The average molecular weight is 862 g/mol. The van der Waals surface area contributed by atoms with Gasteiger partial charge < -0.3 is 14.7 Å². The minimum Gasteiger partial charge on any atom is -0.310 e. The molecule has 0 aromatic heterocycles. The lowest BCUT2D eigenvalue weighted by atomic mass is 9.81. The molecular weight excluding hydrogens is 811 g/mol. The first-order valence-electron chi connectivity index (χ1n) is 23.5. The van der Waals surface area contributed by atoms with E-state index in [1.165, 1.54) is 89.2 Å². The second kappa shape index (κ2) is 16.1. The normalized spacial score (nSPS) is 14.7. The van der Waals surface area contributed by atoms with Crippen LogP contribution in [0.5, 0.6) is 0 Å². The molecule has 0 amide bonds. The number of benzene rings is 9. The van der Waals surface area contributed by atoms with Crippen molar-refractivity contribution >= 4 is 62.7 Å². The highest BCUT2D eigenvalue weighted by Gasteiger charge is 2.37. The average Bonchev–Trinajstić information content (AvgIpc) is 3.59. The molecule has 0 saturated carbocycles. The molecule has 0 fully saturated rings. The second-order valence-corrected chi connectivity index (χ2v) is 18.5. The molecule has 12 rings (SSSR count). The van der Waals surface area contributed by atoms with Crippen LogP contribution in [0.4, 0.5) is 39.8 Å². The van der Waals surface area contributed by atoms with Gasteiger partial charge in [0.1, 0.15) is 0 Å². The van der Waals surface area contributed by atoms with Gasteiger partial charge in [-0.1, -0.05) is 178 Å². The summed E-state index contributed by atoms with van der Waals surface area (Å²) in [5.41, 5.74) is 23.5. The highest BCUT2D eigenvalue weighted by atomic mass is 15.3. The maximum absolute atomic E-state index is 2.46. The highest BCUT2D eigenvalue weighted by molar-refractivity contribution is 6.07. The van der Waals surface area contributed by atoms with Crippen molar-refractivity contribution in [1.29, 1.82) is 0 Å². The Bertz CT molecular complexity index is 3450. The lowest BCUT2D eigenvalue weighted by Gasteiger charge is -2.41. The van der Waals surface area contributed by atoms with E-state index in [-0.39, 0.29) is 5.41 Å². The maximum Gasteiger partial charge on any atom is 0.0703 e.